The number of aromatic nitrogens is 2. The van der Waals surface area contributed by atoms with Crippen LogP contribution in [0.25, 0.3) is 0 Å². The molecule has 5 nitrogen and oxygen atoms in total. The highest BCUT2D eigenvalue weighted by Gasteiger charge is 2.05. The monoisotopic (exact) mass is 258 g/mol. The Balaban J connectivity index is 2.26. The predicted octanol–water partition coefficient (Wildman–Crippen LogP) is 2.68. The average Bonchev–Trinajstić information content (AvgIpc) is 2.47. The van der Waals surface area contributed by atoms with Crippen molar-refractivity contribution in [3.63, 3.8) is 0 Å². The van der Waals surface area contributed by atoms with Crippen LogP contribution in [-0.2, 0) is 12.8 Å². The summed E-state index contributed by atoms with van der Waals surface area (Å²) in [6, 6.07) is 9.62. The van der Waals surface area contributed by atoms with Gasteiger partial charge in [0.05, 0.1) is 0 Å². The zero-order valence-corrected chi connectivity index (χ0v) is 11.2. The van der Waals surface area contributed by atoms with Gasteiger partial charge in [0, 0.05) is 12.5 Å². The van der Waals surface area contributed by atoms with Crippen LogP contribution in [0.3, 0.4) is 0 Å². The van der Waals surface area contributed by atoms with Crippen LogP contribution in [0.4, 0.5) is 5.82 Å². The number of nitrogens with two attached hydrogens (primary N) is 1. The zero-order chi connectivity index (χ0) is 13.7. The van der Waals surface area contributed by atoms with Crippen molar-refractivity contribution in [3.8, 4) is 11.6 Å². The molecule has 0 fully saturated rings. The number of ether oxygens (including phenoxy) is 1. The Morgan fingerprint density at radius 2 is 2.00 bits per heavy atom. The highest BCUT2D eigenvalue weighted by atomic mass is 16.5. The van der Waals surface area contributed by atoms with Crippen molar-refractivity contribution in [1.82, 2.24) is 9.97 Å². The van der Waals surface area contributed by atoms with Crippen molar-refractivity contribution in [2.24, 2.45) is 5.84 Å². The second-order valence-electron chi connectivity index (χ2n) is 4.11. The summed E-state index contributed by atoms with van der Waals surface area (Å²) in [6.45, 7) is 4.09. The number of benzene rings is 1. The number of hydrogen-bond acceptors (Lipinski definition) is 5. The van der Waals surface area contributed by atoms with Crippen molar-refractivity contribution in [3.05, 3.63) is 41.7 Å². The Labute approximate surface area is 112 Å². The summed E-state index contributed by atoms with van der Waals surface area (Å²) in [7, 11) is 0. The van der Waals surface area contributed by atoms with Crippen molar-refractivity contribution < 1.29 is 4.74 Å². The van der Waals surface area contributed by atoms with E-state index in [1.54, 1.807) is 6.07 Å². The maximum Gasteiger partial charge on any atom is 0.224 e. The average molecular weight is 258 g/mol. The Bertz CT molecular complexity index is 535. The molecule has 0 amide bonds. The third-order valence-corrected chi connectivity index (χ3v) is 2.74. The van der Waals surface area contributed by atoms with E-state index in [-0.39, 0.29) is 0 Å². The number of anilines is 1. The lowest BCUT2D eigenvalue weighted by atomic mass is 10.2. The molecule has 0 atom stereocenters. The number of aryl methyl sites for hydroxylation is 2. The van der Waals surface area contributed by atoms with E-state index in [1.165, 1.54) is 5.56 Å². The molecule has 0 radical (unpaired) electrons. The Hall–Kier alpha value is -2.14. The van der Waals surface area contributed by atoms with E-state index >= 15 is 0 Å². The fraction of sp³-hybridized carbons (Fsp3) is 0.286. The Kier molecular flexibility index (Phi) is 4.30. The van der Waals surface area contributed by atoms with Crippen LogP contribution < -0.4 is 16.0 Å². The topological polar surface area (TPSA) is 73.1 Å². The van der Waals surface area contributed by atoms with Gasteiger partial charge in [0.2, 0.25) is 5.88 Å². The minimum absolute atomic E-state index is 0.494. The standard InChI is InChI=1S/C14H18N4O/c1-3-10-6-5-7-11(8-10)19-14-9-13(18-15)16-12(4-2)17-14/h5-9H,3-4,15H2,1-2H3,(H,16,17,18). The number of hydrazine groups is 1. The SMILES string of the molecule is CCc1cccc(Oc2cc(NN)nc(CC)n2)c1. The summed E-state index contributed by atoms with van der Waals surface area (Å²) in [6.07, 6.45) is 1.69. The van der Waals surface area contributed by atoms with E-state index in [0.29, 0.717) is 17.5 Å². The molecule has 2 aromatic rings. The molecule has 1 aromatic carbocycles. The normalized spacial score (nSPS) is 10.3. The maximum absolute atomic E-state index is 5.76. The molecule has 1 aromatic heterocycles. The van der Waals surface area contributed by atoms with Crippen molar-refractivity contribution in [2.45, 2.75) is 26.7 Å². The van der Waals surface area contributed by atoms with Gasteiger partial charge in [0.25, 0.3) is 0 Å². The third kappa shape index (κ3) is 3.42. The molecule has 19 heavy (non-hydrogen) atoms. The summed E-state index contributed by atoms with van der Waals surface area (Å²) >= 11 is 0. The second kappa shape index (κ2) is 6.15. The smallest absolute Gasteiger partial charge is 0.224 e. The van der Waals surface area contributed by atoms with E-state index in [9.17, 15) is 0 Å². The molecule has 0 bridgehead atoms. The third-order valence-electron chi connectivity index (χ3n) is 2.74. The molecule has 100 valence electrons. The summed E-state index contributed by atoms with van der Waals surface area (Å²) in [5.74, 6) is 7.89. The van der Waals surface area contributed by atoms with Gasteiger partial charge < -0.3 is 10.2 Å². The summed E-state index contributed by atoms with van der Waals surface area (Å²) in [4.78, 5) is 8.54. The number of nitrogens with zero attached hydrogens (tertiary/aromatic N) is 2. The van der Waals surface area contributed by atoms with E-state index in [1.807, 2.05) is 25.1 Å². The number of nitrogen functional groups attached to an aromatic ring is 1. The lowest BCUT2D eigenvalue weighted by Crippen LogP contribution is -2.10. The summed E-state index contributed by atoms with van der Waals surface area (Å²) < 4.78 is 5.76. The highest BCUT2D eigenvalue weighted by Crippen LogP contribution is 2.22. The van der Waals surface area contributed by atoms with Crippen LogP contribution >= 0.6 is 0 Å². The summed E-state index contributed by atoms with van der Waals surface area (Å²) in [5.41, 5.74) is 3.74. The molecule has 5 heteroatoms. The van der Waals surface area contributed by atoms with Crippen molar-refractivity contribution in [2.75, 3.05) is 5.43 Å². The Morgan fingerprint density at radius 3 is 2.68 bits per heavy atom. The highest BCUT2D eigenvalue weighted by molar-refractivity contribution is 5.39. The van der Waals surface area contributed by atoms with Crippen molar-refractivity contribution >= 4 is 5.82 Å². The molecule has 0 aliphatic heterocycles. The number of rotatable bonds is 5. The van der Waals surface area contributed by atoms with Gasteiger partial charge in [-0.15, -0.1) is 0 Å². The fourth-order valence-corrected chi connectivity index (χ4v) is 1.71. The van der Waals surface area contributed by atoms with Gasteiger partial charge in [0.1, 0.15) is 17.4 Å². The molecule has 0 saturated carbocycles. The molecule has 0 aliphatic carbocycles. The molecule has 2 rings (SSSR count). The maximum atomic E-state index is 5.76. The molecule has 0 saturated heterocycles. The van der Waals surface area contributed by atoms with Gasteiger partial charge in [-0.05, 0) is 24.1 Å². The molecular formula is C14H18N4O. The van der Waals surface area contributed by atoms with Crippen LogP contribution in [0.5, 0.6) is 11.6 Å². The largest absolute Gasteiger partial charge is 0.439 e. The van der Waals surface area contributed by atoms with E-state index in [4.69, 9.17) is 10.6 Å². The summed E-state index contributed by atoms with van der Waals surface area (Å²) in [5, 5.41) is 0. The van der Waals surface area contributed by atoms with Gasteiger partial charge in [-0.3, -0.25) is 0 Å². The van der Waals surface area contributed by atoms with E-state index in [0.717, 1.165) is 18.6 Å². The number of nitrogens with one attached hydrogen (secondary N) is 1. The molecule has 0 unspecified atom stereocenters. The first-order valence-electron chi connectivity index (χ1n) is 6.36. The van der Waals surface area contributed by atoms with Crippen LogP contribution in [0.15, 0.2) is 30.3 Å². The zero-order valence-electron chi connectivity index (χ0n) is 11.2. The first kappa shape index (κ1) is 13.3. The minimum Gasteiger partial charge on any atom is -0.439 e. The van der Waals surface area contributed by atoms with Crippen LogP contribution in [-0.4, -0.2) is 9.97 Å². The second-order valence-corrected chi connectivity index (χ2v) is 4.11. The fourth-order valence-electron chi connectivity index (χ4n) is 1.71. The quantitative estimate of drug-likeness (QED) is 0.637. The molecule has 0 aliphatic rings. The van der Waals surface area contributed by atoms with E-state index in [2.05, 4.69) is 28.4 Å². The van der Waals surface area contributed by atoms with Crippen molar-refractivity contribution in [1.29, 1.82) is 0 Å². The number of hydrogen-bond donors (Lipinski definition) is 2. The molecule has 1 heterocycles. The Morgan fingerprint density at radius 1 is 1.16 bits per heavy atom. The van der Waals surface area contributed by atoms with Gasteiger partial charge in [-0.25, -0.2) is 10.8 Å². The molecule has 3 N–H and O–H groups in total. The minimum atomic E-state index is 0.494. The predicted molar refractivity (Wildman–Crippen MR) is 75.1 cm³/mol. The van der Waals surface area contributed by atoms with Gasteiger partial charge in [0.15, 0.2) is 0 Å². The van der Waals surface area contributed by atoms with Crippen LogP contribution in [0.1, 0.15) is 25.2 Å². The first-order valence-corrected chi connectivity index (χ1v) is 6.36. The molecular weight excluding hydrogens is 240 g/mol. The molecule has 0 spiro atoms. The lowest BCUT2D eigenvalue weighted by Gasteiger charge is -2.09. The van der Waals surface area contributed by atoms with Crippen LogP contribution in [0, 0.1) is 0 Å². The van der Waals surface area contributed by atoms with Gasteiger partial charge >= 0.3 is 0 Å². The van der Waals surface area contributed by atoms with Crippen LogP contribution in [0.2, 0.25) is 0 Å². The van der Waals surface area contributed by atoms with Gasteiger partial charge in [-0.1, -0.05) is 26.0 Å². The lowest BCUT2D eigenvalue weighted by molar-refractivity contribution is 0.458. The first-order chi connectivity index (χ1) is 9.25. The van der Waals surface area contributed by atoms with Gasteiger partial charge in [-0.2, -0.15) is 4.98 Å². The van der Waals surface area contributed by atoms with E-state index < -0.39 is 0 Å².